The van der Waals surface area contributed by atoms with E-state index in [2.05, 4.69) is 27.8 Å². The van der Waals surface area contributed by atoms with Gasteiger partial charge in [-0.1, -0.05) is 12.5 Å². The number of aliphatic hydroxyl groups excluding tert-OH is 2. The van der Waals surface area contributed by atoms with Crippen LogP contribution in [-0.2, 0) is 4.74 Å². The number of hydrogen-bond acceptors (Lipinski definition) is 7. The van der Waals surface area contributed by atoms with Crippen LogP contribution in [0.3, 0.4) is 0 Å². The molecule has 3 atom stereocenters. The molecule has 0 spiro atoms. The van der Waals surface area contributed by atoms with Gasteiger partial charge in [-0.25, -0.2) is 4.98 Å². The number of aromatic nitrogens is 2. The average Bonchev–Trinajstić information content (AvgIpc) is 3.00. The highest BCUT2D eigenvalue weighted by Gasteiger charge is 2.48. The average molecular weight is 289 g/mol. The maximum Gasteiger partial charge on any atom is 0.199 e. The molecule has 0 unspecified atom stereocenters. The second-order valence-electron chi connectivity index (χ2n) is 4.94. The van der Waals surface area contributed by atoms with Crippen LogP contribution in [0.5, 0.6) is 0 Å². The zero-order valence-electron chi connectivity index (χ0n) is 11.2. The standard InChI is InChI=1S/C13H15N5O3/c1-3-13(5-19)8(20)4-9(21-13)18-6-15-10-7(2)16-12(14)17-11(10)18/h1,6,8-9,19-20H,2,4-5H2,(H3,14,16,17)/t8-,9+,13+/m0/s1. The lowest BCUT2D eigenvalue weighted by molar-refractivity contribution is -0.0896. The molecule has 5 N–H and O–H groups in total. The van der Waals surface area contributed by atoms with Crippen molar-refractivity contribution >= 4 is 17.5 Å². The van der Waals surface area contributed by atoms with Crippen molar-refractivity contribution < 1.29 is 14.9 Å². The fraction of sp³-hybridized carbons (Fsp3) is 0.385. The zero-order valence-corrected chi connectivity index (χ0v) is 11.2. The van der Waals surface area contributed by atoms with Gasteiger partial charge in [0.25, 0.3) is 0 Å². The van der Waals surface area contributed by atoms with E-state index in [-0.39, 0.29) is 12.4 Å². The van der Waals surface area contributed by atoms with Gasteiger partial charge in [-0.3, -0.25) is 4.57 Å². The summed E-state index contributed by atoms with van der Waals surface area (Å²) in [4.78, 5) is 8.38. The minimum atomic E-state index is -1.42. The Balaban J connectivity index is 1.99. The molecule has 0 bridgehead atoms. The largest absolute Gasteiger partial charge is 0.392 e. The molecule has 1 aromatic rings. The quantitative estimate of drug-likeness (QED) is 0.521. The summed E-state index contributed by atoms with van der Waals surface area (Å²) in [6.07, 6.45) is 5.52. The van der Waals surface area contributed by atoms with E-state index in [1.54, 1.807) is 4.57 Å². The van der Waals surface area contributed by atoms with Crippen LogP contribution in [0.1, 0.15) is 18.3 Å². The first-order valence-corrected chi connectivity index (χ1v) is 6.32. The number of nitrogens with two attached hydrogens (primary N) is 1. The maximum absolute atomic E-state index is 10.1. The van der Waals surface area contributed by atoms with Crippen LogP contribution in [0.25, 0.3) is 5.70 Å². The van der Waals surface area contributed by atoms with E-state index in [0.29, 0.717) is 17.2 Å². The summed E-state index contributed by atoms with van der Waals surface area (Å²) in [6, 6.07) is 0. The van der Waals surface area contributed by atoms with Gasteiger partial charge in [0.05, 0.1) is 18.6 Å². The fourth-order valence-electron chi connectivity index (χ4n) is 2.48. The lowest BCUT2D eigenvalue weighted by Gasteiger charge is -2.24. The second-order valence-corrected chi connectivity index (χ2v) is 4.94. The minimum absolute atomic E-state index is 0.193. The summed E-state index contributed by atoms with van der Waals surface area (Å²) < 4.78 is 7.28. The molecule has 0 amide bonds. The molecular weight excluding hydrogens is 274 g/mol. The van der Waals surface area contributed by atoms with Gasteiger partial charge in [-0.15, -0.1) is 6.42 Å². The van der Waals surface area contributed by atoms with Gasteiger partial charge >= 0.3 is 0 Å². The van der Waals surface area contributed by atoms with Crippen molar-refractivity contribution in [2.24, 2.45) is 10.7 Å². The molecule has 2 aliphatic heterocycles. The van der Waals surface area contributed by atoms with Gasteiger partial charge in [0, 0.05) is 6.42 Å². The summed E-state index contributed by atoms with van der Waals surface area (Å²) >= 11 is 0. The van der Waals surface area contributed by atoms with E-state index in [4.69, 9.17) is 16.9 Å². The maximum atomic E-state index is 10.1. The molecular formula is C13H15N5O3. The third-order valence-corrected chi connectivity index (χ3v) is 3.66. The van der Waals surface area contributed by atoms with Crippen LogP contribution in [0.15, 0.2) is 17.9 Å². The second kappa shape index (κ2) is 4.60. The summed E-state index contributed by atoms with van der Waals surface area (Å²) in [5.41, 5.74) is 5.33. The van der Waals surface area contributed by atoms with Gasteiger partial charge in [-0.2, -0.15) is 4.99 Å². The predicted molar refractivity (Wildman–Crippen MR) is 75.1 cm³/mol. The minimum Gasteiger partial charge on any atom is -0.392 e. The smallest absolute Gasteiger partial charge is 0.199 e. The van der Waals surface area contributed by atoms with E-state index in [1.807, 2.05) is 0 Å². The molecule has 0 aromatic carbocycles. The number of aliphatic imine (C=N–C) groups is 1. The van der Waals surface area contributed by atoms with Crippen molar-refractivity contribution in [3.8, 4) is 12.3 Å². The Morgan fingerprint density at radius 3 is 3.10 bits per heavy atom. The number of aliphatic hydroxyl groups is 2. The first-order chi connectivity index (χ1) is 10.0. The lowest BCUT2D eigenvalue weighted by Crippen LogP contribution is -2.41. The third kappa shape index (κ3) is 1.91. The molecule has 8 nitrogen and oxygen atoms in total. The molecule has 1 aromatic heterocycles. The topological polar surface area (TPSA) is 118 Å². The van der Waals surface area contributed by atoms with E-state index < -0.39 is 24.5 Å². The number of fused-ring (bicyclic) bond motifs is 1. The third-order valence-electron chi connectivity index (χ3n) is 3.66. The predicted octanol–water partition coefficient (Wildman–Crippen LogP) is -0.953. The van der Waals surface area contributed by atoms with E-state index in [9.17, 15) is 10.2 Å². The highest BCUT2D eigenvalue weighted by Crippen LogP contribution is 2.40. The first-order valence-electron chi connectivity index (χ1n) is 6.32. The van der Waals surface area contributed by atoms with E-state index >= 15 is 0 Å². The number of nitrogens with zero attached hydrogens (tertiary/aromatic N) is 3. The summed E-state index contributed by atoms with van der Waals surface area (Å²) in [7, 11) is 0. The Labute approximate surface area is 121 Å². The number of nitrogens with one attached hydrogen (secondary N) is 1. The summed E-state index contributed by atoms with van der Waals surface area (Å²) in [5.74, 6) is 2.98. The Kier molecular flexibility index (Phi) is 2.98. The van der Waals surface area contributed by atoms with Gasteiger partial charge in [0.15, 0.2) is 17.4 Å². The first kappa shape index (κ1) is 13.6. The summed E-state index contributed by atoms with van der Waals surface area (Å²) in [5, 5.41) is 22.2. The molecule has 8 heteroatoms. The molecule has 21 heavy (non-hydrogen) atoms. The zero-order chi connectivity index (χ0) is 15.2. The van der Waals surface area contributed by atoms with Gasteiger partial charge in [0.2, 0.25) is 0 Å². The number of terminal acetylenes is 1. The van der Waals surface area contributed by atoms with Crippen LogP contribution in [0.4, 0.5) is 5.82 Å². The Morgan fingerprint density at radius 1 is 1.71 bits per heavy atom. The van der Waals surface area contributed by atoms with Crippen molar-refractivity contribution in [2.75, 3.05) is 6.61 Å². The van der Waals surface area contributed by atoms with Crippen molar-refractivity contribution in [3.05, 3.63) is 18.6 Å². The Hall–Kier alpha value is -2.34. The molecule has 0 aliphatic carbocycles. The lowest BCUT2D eigenvalue weighted by atomic mass is 9.99. The van der Waals surface area contributed by atoms with Crippen molar-refractivity contribution in [2.45, 2.75) is 24.4 Å². The normalized spacial score (nSPS) is 31.3. The highest BCUT2D eigenvalue weighted by atomic mass is 16.6. The van der Waals surface area contributed by atoms with Crippen LogP contribution >= 0.6 is 0 Å². The summed E-state index contributed by atoms with van der Waals surface area (Å²) in [6.45, 7) is 3.34. The van der Waals surface area contributed by atoms with E-state index in [0.717, 1.165) is 0 Å². The Bertz CT molecular complexity index is 674. The molecule has 3 heterocycles. The molecule has 1 saturated heterocycles. The molecule has 0 radical (unpaired) electrons. The highest BCUT2D eigenvalue weighted by molar-refractivity contribution is 5.93. The number of imidazole rings is 1. The molecule has 1 fully saturated rings. The van der Waals surface area contributed by atoms with Crippen LogP contribution < -0.4 is 11.1 Å². The number of ether oxygens (including phenoxy) is 1. The number of rotatable bonds is 2. The van der Waals surface area contributed by atoms with Crippen LogP contribution in [0.2, 0.25) is 0 Å². The number of hydrogen-bond donors (Lipinski definition) is 4. The monoisotopic (exact) mass is 289 g/mol. The molecule has 3 rings (SSSR count). The van der Waals surface area contributed by atoms with Crippen LogP contribution in [-0.4, -0.2) is 44.0 Å². The Morgan fingerprint density at radius 2 is 2.48 bits per heavy atom. The molecule has 0 saturated carbocycles. The van der Waals surface area contributed by atoms with Crippen LogP contribution in [0, 0.1) is 12.3 Å². The van der Waals surface area contributed by atoms with Crippen molar-refractivity contribution in [1.82, 2.24) is 14.9 Å². The van der Waals surface area contributed by atoms with Crippen molar-refractivity contribution in [1.29, 1.82) is 0 Å². The van der Waals surface area contributed by atoms with Gasteiger partial charge in [-0.05, 0) is 0 Å². The fourth-order valence-corrected chi connectivity index (χ4v) is 2.48. The van der Waals surface area contributed by atoms with Gasteiger partial charge in [0.1, 0.15) is 18.0 Å². The number of guanidine groups is 1. The SMILES string of the molecule is C#C[C@]1(CO)O[C@@H](n2cnc3c2N=C(N)NC3=C)C[C@@H]1O. The van der Waals surface area contributed by atoms with Crippen molar-refractivity contribution in [3.63, 3.8) is 0 Å². The molecule has 110 valence electrons. The molecule has 2 aliphatic rings. The van der Waals surface area contributed by atoms with E-state index in [1.165, 1.54) is 6.33 Å². The van der Waals surface area contributed by atoms with Gasteiger partial charge < -0.3 is 26.0 Å².